The highest BCUT2D eigenvalue weighted by molar-refractivity contribution is 5.74. The molecule has 0 aliphatic rings. The molecule has 0 radical (unpaired) electrons. The topological polar surface area (TPSA) is 48.7 Å². The molecular weight excluding hydrogens is 325 g/mol. The van der Waals surface area contributed by atoms with E-state index in [1.54, 1.807) is 18.2 Å². The number of anilines is 1. The number of nitrogens with one attached hydrogen (secondary N) is 1. The molecule has 26 heavy (non-hydrogen) atoms. The minimum Gasteiger partial charge on any atom is -0.365 e. The van der Waals surface area contributed by atoms with E-state index in [-0.39, 0.29) is 17.1 Å². The van der Waals surface area contributed by atoms with Gasteiger partial charge in [-0.25, -0.2) is 9.37 Å². The van der Waals surface area contributed by atoms with Crippen LogP contribution in [0.3, 0.4) is 0 Å². The summed E-state index contributed by atoms with van der Waals surface area (Å²) in [5, 5.41) is 12.7. The number of rotatable bonds is 3. The standard InChI is InChI=1S/C22H20FN3/c1-22(2,3)26-21-12-11-18(20(14-24)25-21)17-10-9-16(13-19(17)23)15-7-5-4-6-8-15/h4-13H,1-3H3,(H,25,26). The van der Waals surface area contributed by atoms with Crippen LogP contribution in [0, 0.1) is 17.1 Å². The van der Waals surface area contributed by atoms with E-state index >= 15 is 0 Å². The smallest absolute Gasteiger partial charge is 0.150 e. The van der Waals surface area contributed by atoms with Gasteiger partial charge >= 0.3 is 0 Å². The maximum absolute atomic E-state index is 14.8. The third-order valence-electron chi connectivity index (χ3n) is 3.87. The summed E-state index contributed by atoms with van der Waals surface area (Å²) in [7, 11) is 0. The molecule has 0 bridgehead atoms. The number of hydrogen-bond acceptors (Lipinski definition) is 3. The summed E-state index contributed by atoms with van der Waals surface area (Å²) in [5.74, 6) is 0.222. The van der Waals surface area contributed by atoms with Crippen LogP contribution in [0.25, 0.3) is 22.3 Å². The molecule has 1 heterocycles. The Balaban J connectivity index is 2.00. The molecule has 0 saturated heterocycles. The first-order valence-corrected chi connectivity index (χ1v) is 8.42. The molecule has 2 aromatic carbocycles. The monoisotopic (exact) mass is 345 g/mol. The van der Waals surface area contributed by atoms with Crippen molar-refractivity contribution in [3.8, 4) is 28.3 Å². The molecular formula is C22H20FN3. The molecule has 3 aromatic rings. The number of benzene rings is 2. The Kier molecular flexibility index (Phi) is 4.73. The maximum atomic E-state index is 14.8. The minimum atomic E-state index is -0.374. The van der Waals surface area contributed by atoms with Crippen molar-refractivity contribution in [1.82, 2.24) is 4.98 Å². The number of halogens is 1. The highest BCUT2D eigenvalue weighted by Gasteiger charge is 2.15. The number of aromatic nitrogens is 1. The summed E-state index contributed by atoms with van der Waals surface area (Å²) < 4.78 is 14.8. The summed E-state index contributed by atoms with van der Waals surface area (Å²) in [6.45, 7) is 6.03. The van der Waals surface area contributed by atoms with E-state index in [0.29, 0.717) is 16.9 Å². The molecule has 1 aromatic heterocycles. The number of hydrogen-bond donors (Lipinski definition) is 1. The second-order valence-electron chi connectivity index (χ2n) is 7.14. The summed E-state index contributed by atoms with van der Waals surface area (Å²) in [5.41, 5.74) is 2.63. The minimum absolute atomic E-state index is 0.177. The van der Waals surface area contributed by atoms with Crippen molar-refractivity contribution in [3.05, 3.63) is 72.2 Å². The number of pyridine rings is 1. The molecule has 1 N–H and O–H groups in total. The first kappa shape index (κ1) is 17.6. The van der Waals surface area contributed by atoms with Crippen molar-refractivity contribution >= 4 is 5.82 Å². The van der Waals surface area contributed by atoms with Crippen LogP contribution in [0.5, 0.6) is 0 Å². The predicted molar refractivity (Wildman–Crippen MR) is 103 cm³/mol. The maximum Gasteiger partial charge on any atom is 0.150 e. The molecule has 0 unspecified atom stereocenters. The zero-order valence-electron chi connectivity index (χ0n) is 15.0. The van der Waals surface area contributed by atoms with E-state index < -0.39 is 0 Å². The summed E-state index contributed by atoms with van der Waals surface area (Å²) in [4.78, 5) is 4.34. The summed E-state index contributed by atoms with van der Waals surface area (Å²) in [6.07, 6.45) is 0. The van der Waals surface area contributed by atoms with Gasteiger partial charge in [-0.2, -0.15) is 5.26 Å². The lowest BCUT2D eigenvalue weighted by atomic mass is 9.98. The summed E-state index contributed by atoms with van der Waals surface area (Å²) >= 11 is 0. The molecule has 0 spiro atoms. The highest BCUT2D eigenvalue weighted by Crippen LogP contribution is 2.30. The van der Waals surface area contributed by atoms with Crippen molar-refractivity contribution in [1.29, 1.82) is 5.26 Å². The van der Waals surface area contributed by atoms with Crippen molar-refractivity contribution in [2.24, 2.45) is 0 Å². The van der Waals surface area contributed by atoms with Crippen LogP contribution in [0.4, 0.5) is 10.2 Å². The predicted octanol–water partition coefficient (Wildman–Crippen LogP) is 5.64. The van der Waals surface area contributed by atoms with Gasteiger partial charge in [0, 0.05) is 16.7 Å². The average molecular weight is 345 g/mol. The third-order valence-corrected chi connectivity index (χ3v) is 3.87. The van der Waals surface area contributed by atoms with Crippen LogP contribution in [0.15, 0.2) is 60.7 Å². The lowest BCUT2D eigenvalue weighted by molar-refractivity contribution is 0.629. The fraction of sp³-hybridized carbons (Fsp3) is 0.182. The molecule has 3 nitrogen and oxygen atoms in total. The van der Waals surface area contributed by atoms with Gasteiger partial charge in [-0.3, -0.25) is 0 Å². The van der Waals surface area contributed by atoms with Crippen molar-refractivity contribution in [3.63, 3.8) is 0 Å². The molecule has 0 amide bonds. The first-order chi connectivity index (χ1) is 12.4. The molecule has 3 rings (SSSR count). The van der Waals surface area contributed by atoms with Gasteiger partial charge in [-0.05, 0) is 50.1 Å². The molecule has 130 valence electrons. The van der Waals surface area contributed by atoms with Gasteiger partial charge in [0.15, 0.2) is 5.69 Å². The number of nitrogens with zero attached hydrogens (tertiary/aromatic N) is 2. The van der Waals surface area contributed by atoms with Crippen LogP contribution >= 0.6 is 0 Å². The largest absolute Gasteiger partial charge is 0.365 e. The Morgan fingerprint density at radius 1 is 0.923 bits per heavy atom. The van der Waals surface area contributed by atoms with Gasteiger partial charge in [-0.1, -0.05) is 42.5 Å². The Bertz CT molecular complexity index is 967. The van der Waals surface area contributed by atoms with E-state index in [1.165, 1.54) is 6.07 Å². The van der Waals surface area contributed by atoms with Gasteiger partial charge in [-0.15, -0.1) is 0 Å². The highest BCUT2D eigenvalue weighted by atomic mass is 19.1. The first-order valence-electron chi connectivity index (χ1n) is 8.42. The van der Waals surface area contributed by atoms with Crippen molar-refractivity contribution < 1.29 is 4.39 Å². The quantitative estimate of drug-likeness (QED) is 0.668. The number of nitriles is 1. The van der Waals surface area contributed by atoms with Crippen molar-refractivity contribution in [2.75, 3.05) is 5.32 Å². The fourth-order valence-electron chi connectivity index (χ4n) is 2.76. The Labute approximate surface area is 153 Å². The van der Waals surface area contributed by atoms with Crippen LogP contribution in [0.1, 0.15) is 26.5 Å². The second-order valence-corrected chi connectivity index (χ2v) is 7.14. The van der Waals surface area contributed by atoms with Crippen LogP contribution in [-0.4, -0.2) is 10.5 Å². The normalized spacial score (nSPS) is 11.0. The van der Waals surface area contributed by atoms with Gasteiger partial charge < -0.3 is 5.32 Å². The average Bonchev–Trinajstić information content (AvgIpc) is 2.61. The van der Waals surface area contributed by atoms with Crippen LogP contribution in [0.2, 0.25) is 0 Å². The molecule has 4 heteroatoms. The molecule has 0 aliphatic carbocycles. The Morgan fingerprint density at radius 2 is 1.62 bits per heavy atom. The van der Waals surface area contributed by atoms with Crippen LogP contribution < -0.4 is 5.32 Å². The lowest BCUT2D eigenvalue weighted by Crippen LogP contribution is -2.26. The van der Waals surface area contributed by atoms with Gasteiger partial charge in [0.1, 0.15) is 17.7 Å². The lowest BCUT2D eigenvalue weighted by Gasteiger charge is -2.21. The van der Waals surface area contributed by atoms with E-state index in [4.69, 9.17) is 0 Å². The van der Waals surface area contributed by atoms with E-state index in [0.717, 1.165) is 11.1 Å². The molecule has 0 atom stereocenters. The molecule has 0 aliphatic heterocycles. The van der Waals surface area contributed by atoms with Crippen LogP contribution in [-0.2, 0) is 0 Å². The van der Waals surface area contributed by atoms with E-state index in [1.807, 2.05) is 57.2 Å². The van der Waals surface area contributed by atoms with Gasteiger partial charge in [0.2, 0.25) is 0 Å². The SMILES string of the molecule is CC(C)(C)Nc1ccc(-c2ccc(-c3ccccc3)cc2F)c(C#N)n1. The fourth-order valence-corrected chi connectivity index (χ4v) is 2.76. The van der Waals surface area contributed by atoms with E-state index in [9.17, 15) is 9.65 Å². The van der Waals surface area contributed by atoms with Crippen molar-refractivity contribution in [2.45, 2.75) is 26.3 Å². The zero-order valence-corrected chi connectivity index (χ0v) is 15.0. The van der Waals surface area contributed by atoms with E-state index in [2.05, 4.69) is 16.4 Å². The second kappa shape index (κ2) is 6.97. The Morgan fingerprint density at radius 3 is 2.23 bits per heavy atom. The molecule has 0 fully saturated rings. The van der Waals surface area contributed by atoms with Gasteiger partial charge in [0.05, 0.1) is 0 Å². The summed E-state index contributed by atoms with van der Waals surface area (Å²) in [6, 6.07) is 20.3. The molecule has 0 saturated carbocycles. The van der Waals surface area contributed by atoms with Gasteiger partial charge in [0.25, 0.3) is 0 Å². The third kappa shape index (κ3) is 3.89. The Hall–Kier alpha value is -3.19. The zero-order chi connectivity index (χ0) is 18.7.